The summed E-state index contributed by atoms with van der Waals surface area (Å²) in [5.41, 5.74) is 11.7. The maximum atomic E-state index is 6.42. The van der Waals surface area contributed by atoms with Crippen LogP contribution in [0, 0.1) is 0 Å². The van der Waals surface area contributed by atoms with Crippen molar-refractivity contribution in [3.05, 3.63) is 205 Å². The first-order valence-electron chi connectivity index (χ1n) is 18.9. The van der Waals surface area contributed by atoms with E-state index >= 15 is 0 Å². The van der Waals surface area contributed by atoms with Crippen LogP contribution < -0.4 is 4.90 Å². The van der Waals surface area contributed by atoms with Crippen LogP contribution in [0.3, 0.4) is 0 Å². The Morgan fingerprint density at radius 1 is 0.527 bits per heavy atom. The van der Waals surface area contributed by atoms with Crippen LogP contribution >= 0.6 is 11.3 Å². The molecule has 2 aromatic heterocycles. The fourth-order valence-corrected chi connectivity index (χ4v) is 9.82. The van der Waals surface area contributed by atoms with Crippen molar-refractivity contribution in [2.75, 3.05) is 4.90 Å². The maximum Gasteiger partial charge on any atom is 0.135 e. The molecule has 1 aliphatic carbocycles. The van der Waals surface area contributed by atoms with Gasteiger partial charge < -0.3 is 9.32 Å². The number of rotatable bonds is 6. The molecule has 0 spiro atoms. The van der Waals surface area contributed by atoms with Crippen molar-refractivity contribution in [2.24, 2.45) is 0 Å². The summed E-state index contributed by atoms with van der Waals surface area (Å²) in [4.78, 5) is 2.45. The van der Waals surface area contributed by atoms with Gasteiger partial charge in [0.05, 0.1) is 0 Å². The molecule has 11 rings (SSSR count). The smallest absolute Gasteiger partial charge is 0.135 e. The average Bonchev–Trinajstić information content (AvgIpc) is 3.83. The van der Waals surface area contributed by atoms with Gasteiger partial charge in [0.2, 0.25) is 0 Å². The van der Waals surface area contributed by atoms with Crippen LogP contribution in [0.25, 0.3) is 70.2 Å². The lowest BCUT2D eigenvalue weighted by atomic mass is 9.82. The summed E-state index contributed by atoms with van der Waals surface area (Å²) in [5, 5.41) is 6.31. The number of fused-ring (bicyclic) bond motifs is 7. The number of hydrogen-bond donors (Lipinski definition) is 0. The molecule has 0 bridgehead atoms. The Morgan fingerprint density at radius 2 is 1.27 bits per heavy atom. The van der Waals surface area contributed by atoms with Gasteiger partial charge in [0.15, 0.2) is 0 Å². The third-order valence-corrected chi connectivity index (χ3v) is 12.4. The van der Waals surface area contributed by atoms with Crippen LogP contribution in [0.1, 0.15) is 29.2 Å². The SMILES string of the molecule is C1=Cc2oc3ccccc3c2C(c2ccccc2N(c2ccc(-c3ccc4ccccc4c3)cc2)c2cccc(-c3cccc4sc5ccccc5c34)c2)C1. The Hall–Kier alpha value is -6.68. The molecule has 2 nitrogen and oxygen atoms in total. The van der Waals surface area contributed by atoms with E-state index in [2.05, 4.69) is 199 Å². The van der Waals surface area contributed by atoms with Crippen molar-refractivity contribution in [1.29, 1.82) is 0 Å². The zero-order valence-electron chi connectivity index (χ0n) is 30.0. The van der Waals surface area contributed by atoms with E-state index in [1.165, 1.54) is 69.7 Å². The molecule has 1 unspecified atom stereocenters. The highest BCUT2D eigenvalue weighted by Gasteiger charge is 2.29. The van der Waals surface area contributed by atoms with E-state index in [1.807, 2.05) is 11.3 Å². The molecule has 0 radical (unpaired) electrons. The Balaban J connectivity index is 1.09. The lowest BCUT2D eigenvalue weighted by Crippen LogP contribution is -2.15. The Labute approximate surface area is 323 Å². The topological polar surface area (TPSA) is 16.4 Å². The van der Waals surface area contributed by atoms with Crippen LogP contribution in [-0.4, -0.2) is 0 Å². The van der Waals surface area contributed by atoms with Crippen LogP contribution in [0.4, 0.5) is 17.1 Å². The molecular formula is C52H35NOS. The minimum Gasteiger partial charge on any atom is -0.456 e. The van der Waals surface area contributed by atoms with Crippen molar-refractivity contribution < 1.29 is 4.42 Å². The average molecular weight is 722 g/mol. The summed E-state index contributed by atoms with van der Waals surface area (Å²) in [7, 11) is 0. The molecule has 0 amide bonds. The third-order valence-electron chi connectivity index (χ3n) is 11.2. The van der Waals surface area contributed by atoms with Crippen molar-refractivity contribution >= 4 is 76.4 Å². The number of para-hydroxylation sites is 2. The van der Waals surface area contributed by atoms with Gasteiger partial charge in [-0.2, -0.15) is 0 Å². The standard InChI is InChI=1S/C52H35NOS/c1-2-13-36-32-37(27-26-34(36)12-1)35-28-30-39(31-29-35)53(40-15-9-14-38(33-40)41-19-11-25-50-52(41)45-18-5-8-24-49(45)55-50)46-21-6-3-16-42(46)43-20-10-23-48-51(43)44-17-4-7-22-47(44)54-48/h1-19,21-33,43H,20H2. The first-order valence-corrected chi connectivity index (χ1v) is 19.8. The molecule has 0 fully saturated rings. The zero-order valence-corrected chi connectivity index (χ0v) is 30.8. The predicted octanol–water partition coefficient (Wildman–Crippen LogP) is 15.3. The lowest BCUT2D eigenvalue weighted by molar-refractivity contribution is 0.590. The van der Waals surface area contributed by atoms with Crippen molar-refractivity contribution in [1.82, 2.24) is 0 Å². The molecule has 2 heterocycles. The molecular weight excluding hydrogens is 687 g/mol. The van der Waals surface area contributed by atoms with Crippen LogP contribution in [0.2, 0.25) is 0 Å². The third kappa shape index (κ3) is 5.39. The van der Waals surface area contributed by atoms with Gasteiger partial charge in [-0.1, -0.05) is 133 Å². The van der Waals surface area contributed by atoms with Crippen molar-refractivity contribution in [3.63, 3.8) is 0 Å². The van der Waals surface area contributed by atoms with E-state index in [-0.39, 0.29) is 5.92 Å². The quantitative estimate of drug-likeness (QED) is 0.170. The summed E-state index contributed by atoms with van der Waals surface area (Å²) < 4.78 is 9.04. The van der Waals surface area contributed by atoms with Gasteiger partial charge in [-0.3, -0.25) is 0 Å². The van der Waals surface area contributed by atoms with Crippen LogP contribution in [-0.2, 0) is 0 Å². The second kappa shape index (κ2) is 13.0. The van der Waals surface area contributed by atoms with Gasteiger partial charge in [0.25, 0.3) is 0 Å². The summed E-state index contributed by atoms with van der Waals surface area (Å²) in [6.45, 7) is 0. The van der Waals surface area contributed by atoms with Gasteiger partial charge in [0.1, 0.15) is 11.3 Å². The minimum absolute atomic E-state index is 0.133. The number of benzene rings is 8. The summed E-state index contributed by atoms with van der Waals surface area (Å²) in [6.07, 6.45) is 5.31. The molecule has 8 aromatic carbocycles. The molecule has 0 N–H and O–H groups in total. The molecule has 55 heavy (non-hydrogen) atoms. The molecule has 1 aliphatic rings. The summed E-state index contributed by atoms with van der Waals surface area (Å²) >= 11 is 1.86. The monoisotopic (exact) mass is 721 g/mol. The fourth-order valence-electron chi connectivity index (χ4n) is 8.69. The lowest BCUT2D eigenvalue weighted by Gasteiger charge is -2.31. The molecule has 260 valence electrons. The van der Waals surface area contributed by atoms with Gasteiger partial charge in [0, 0.05) is 54.1 Å². The largest absolute Gasteiger partial charge is 0.456 e. The Kier molecular flexibility index (Phi) is 7.53. The molecule has 0 saturated carbocycles. The fraction of sp³-hybridized carbons (Fsp3) is 0.0385. The predicted molar refractivity (Wildman–Crippen MR) is 234 cm³/mol. The highest BCUT2D eigenvalue weighted by atomic mass is 32.1. The number of anilines is 3. The molecule has 1 atom stereocenters. The first-order chi connectivity index (χ1) is 27.3. The van der Waals surface area contributed by atoms with E-state index in [9.17, 15) is 0 Å². The maximum absolute atomic E-state index is 6.42. The summed E-state index contributed by atoms with van der Waals surface area (Å²) in [6, 6.07) is 66.4. The van der Waals surface area contributed by atoms with Gasteiger partial charge in [-0.05, 0) is 106 Å². The number of furan rings is 1. The molecule has 10 aromatic rings. The van der Waals surface area contributed by atoms with Gasteiger partial charge in [-0.25, -0.2) is 0 Å². The Morgan fingerprint density at radius 3 is 2.20 bits per heavy atom. The Bertz CT molecular complexity index is 3090. The highest BCUT2D eigenvalue weighted by molar-refractivity contribution is 7.25. The van der Waals surface area contributed by atoms with E-state index < -0.39 is 0 Å². The minimum atomic E-state index is 0.133. The second-order valence-electron chi connectivity index (χ2n) is 14.4. The van der Waals surface area contributed by atoms with Gasteiger partial charge >= 0.3 is 0 Å². The first kappa shape index (κ1) is 31.8. The van der Waals surface area contributed by atoms with E-state index in [1.54, 1.807) is 0 Å². The van der Waals surface area contributed by atoms with E-state index in [4.69, 9.17) is 4.42 Å². The van der Waals surface area contributed by atoms with Gasteiger partial charge in [-0.15, -0.1) is 11.3 Å². The second-order valence-corrected chi connectivity index (χ2v) is 15.5. The summed E-state index contributed by atoms with van der Waals surface area (Å²) in [5.74, 6) is 1.09. The normalized spacial score (nSPS) is 13.9. The molecule has 0 saturated heterocycles. The number of allylic oxidation sites excluding steroid dienone is 1. The number of hydrogen-bond acceptors (Lipinski definition) is 3. The van der Waals surface area contributed by atoms with Crippen molar-refractivity contribution in [3.8, 4) is 22.3 Å². The van der Waals surface area contributed by atoms with E-state index in [0.29, 0.717) is 0 Å². The van der Waals surface area contributed by atoms with Crippen LogP contribution in [0.5, 0.6) is 0 Å². The highest BCUT2D eigenvalue weighted by Crippen LogP contribution is 2.48. The van der Waals surface area contributed by atoms with Crippen molar-refractivity contribution in [2.45, 2.75) is 12.3 Å². The number of thiophene rings is 1. The molecule has 0 aliphatic heterocycles. The molecule has 3 heteroatoms. The van der Waals surface area contributed by atoms with E-state index in [0.717, 1.165) is 34.8 Å². The number of nitrogens with zero attached hydrogens (tertiary/aromatic N) is 1. The zero-order chi connectivity index (χ0) is 36.3. The van der Waals surface area contributed by atoms with Crippen LogP contribution in [0.15, 0.2) is 192 Å².